The molecule has 0 spiro atoms. The first-order valence-corrected chi connectivity index (χ1v) is 8.98. The van der Waals surface area contributed by atoms with Crippen LogP contribution in [-0.2, 0) is 11.8 Å². The topological polar surface area (TPSA) is 69.1 Å². The van der Waals surface area contributed by atoms with E-state index in [0.29, 0.717) is 36.8 Å². The molecule has 8 nitrogen and oxygen atoms in total. The van der Waals surface area contributed by atoms with E-state index in [1.165, 1.54) is 0 Å². The summed E-state index contributed by atoms with van der Waals surface area (Å²) in [5, 5.41) is 4.29. The molecule has 1 fully saturated rings. The first kappa shape index (κ1) is 17.8. The molecule has 0 saturated carbocycles. The molecule has 3 heterocycles. The highest BCUT2D eigenvalue weighted by molar-refractivity contribution is 5.95. The number of rotatable bonds is 4. The molecule has 8 heteroatoms. The van der Waals surface area contributed by atoms with Crippen molar-refractivity contribution in [2.75, 3.05) is 40.6 Å². The maximum absolute atomic E-state index is 13.4. The van der Waals surface area contributed by atoms with Crippen LogP contribution < -0.4 is 9.47 Å². The molecule has 0 bridgehead atoms. The van der Waals surface area contributed by atoms with Crippen LogP contribution in [0.5, 0.6) is 11.5 Å². The largest absolute Gasteiger partial charge is 0.454 e. The molecule has 144 valence electrons. The van der Waals surface area contributed by atoms with Gasteiger partial charge in [-0.1, -0.05) is 0 Å². The SMILES string of the molecule is CN(C)C[C@@H]1OCCN(C(=O)c2ccc3c(c2)OCO3)[C@H]1c1cnn(C)c1. The minimum Gasteiger partial charge on any atom is -0.454 e. The average Bonchev–Trinajstić information content (AvgIpc) is 3.28. The second-order valence-corrected chi connectivity index (χ2v) is 7.13. The summed E-state index contributed by atoms with van der Waals surface area (Å²) >= 11 is 0. The molecule has 1 saturated heterocycles. The third-order valence-electron chi connectivity index (χ3n) is 4.84. The summed E-state index contributed by atoms with van der Waals surface area (Å²) in [7, 11) is 5.88. The van der Waals surface area contributed by atoms with Crippen LogP contribution in [0.25, 0.3) is 0 Å². The zero-order valence-electron chi connectivity index (χ0n) is 15.8. The highest BCUT2D eigenvalue weighted by atomic mass is 16.7. The molecule has 27 heavy (non-hydrogen) atoms. The second kappa shape index (κ2) is 7.21. The van der Waals surface area contributed by atoms with E-state index in [9.17, 15) is 4.79 Å². The van der Waals surface area contributed by atoms with E-state index < -0.39 is 0 Å². The summed E-state index contributed by atoms with van der Waals surface area (Å²) in [6.45, 7) is 1.93. The number of carbonyl (C=O) groups is 1. The van der Waals surface area contributed by atoms with Gasteiger partial charge < -0.3 is 24.0 Å². The number of aryl methyl sites for hydroxylation is 1. The van der Waals surface area contributed by atoms with Crippen molar-refractivity contribution >= 4 is 5.91 Å². The monoisotopic (exact) mass is 372 g/mol. The summed E-state index contributed by atoms with van der Waals surface area (Å²) in [6, 6.07) is 5.12. The molecule has 0 N–H and O–H groups in total. The molecule has 2 aromatic rings. The Hall–Kier alpha value is -2.58. The summed E-state index contributed by atoms with van der Waals surface area (Å²) in [6.07, 6.45) is 3.63. The number of aromatic nitrogens is 2. The number of carbonyl (C=O) groups excluding carboxylic acids is 1. The van der Waals surface area contributed by atoms with Crippen LogP contribution in [-0.4, -0.2) is 72.2 Å². The van der Waals surface area contributed by atoms with Crippen LogP contribution in [0, 0.1) is 0 Å². The van der Waals surface area contributed by atoms with Crippen molar-refractivity contribution in [1.29, 1.82) is 0 Å². The van der Waals surface area contributed by atoms with Gasteiger partial charge in [0.15, 0.2) is 11.5 Å². The number of ether oxygens (including phenoxy) is 3. The van der Waals surface area contributed by atoms with Crippen LogP contribution in [0.3, 0.4) is 0 Å². The lowest BCUT2D eigenvalue weighted by molar-refractivity contribution is -0.0684. The van der Waals surface area contributed by atoms with Crippen molar-refractivity contribution in [3.8, 4) is 11.5 Å². The van der Waals surface area contributed by atoms with E-state index in [1.54, 1.807) is 22.9 Å². The van der Waals surface area contributed by atoms with Gasteiger partial charge in [0.1, 0.15) is 0 Å². The van der Waals surface area contributed by atoms with Gasteiger partial charge in [0.2, 0.25) is 6.79 Å². The van der Waals surface area contributed by atoms with Gasteiger partial charge >= 0.3 is 0 Å². The number of benzene rings is 1. The van der Waals surface area contributed by atoms with Crippen LogP contribution in [0.15, 0.2) is 30.6 Å². The fourth-order valence-corrected chi connectivity index (χ4v) is 3.66. The van der Waals surface area contributed by atoms with E-state index in [-0.39, 0.29) is 24.8 Å². The molecule has 0 aliphatic carbocycles. The number of hydrogen-bond acceptors (Lipinski definition) is 6. The first-order valence-electron chi connectivity index (χ1n) is 8.98. The van der Waals surface area contributed by atoms with Crippen LogP contribution >= 0.6 is 0 Å². The summed E-state index contributed by atoms with van der Waals surface area (Å²) in [5.41, 5.74) is 1.55. The zero-order chi connectivity index (χ0) is 19.0. The fourth-order valence-electron chi connectivity index (χ4n) is 3.66. The smallest absolute Gasteiger partial charge is 0.254 e. The van der Waals surface area contributed by atoms with Crippen LogP contribution in [0.1, 0.15) is 22.0 Å². The average molecular weight is 372 g/mol. The van der Waals surface area contributed by atoms with Gasteiger partial charge in [-0.3, -0.25) is 9.48 Å². The molecule has 0 radical (unpaired) electrons. The van der Waals surface area contributed by atoms with E-state index in [4.69, 9.17) is 14.2 Å². The molecule has 2 aliphatic rings. The van der Waals surface area contributed by atoms with Gasteiger partial charge in [-0.05, 0) is 32.3 Å². The molecule has 4 rings (SSSR count). The van der Waals surface area contributed by atoms with Gasteiger partial charge in [0.25, 0.3) is 5.91 Å². The third kappa shape index (κ3) is 3.50. The van der Waals surface area contributed by atoms with Crippen molar-refractivity contribution in [2.24, 2.45) is 7.05 Å². The van der Waals surface area contributed by atoms with Crippen molar-refractivity contribution < 1.29 is 19.0 Å². The number of amides is 1. The lowest BCUT2D eigenvalue weighted by atomic mass is 9.99. The Kier molecular flexibility index (Phi) is 4.75. The Morgan fingerprint density at radius 1 is 1.30 bits per heavy atom. The Labute approximate surface area is 158 Å². The van der Waals surface area contributed by atoms with E-state index in [0.717, 1.165) is 5.56 Å². The Morgan fingerprint density at radius 3 is 2.85 bits per heavy atom. The molecule has 2 atom stereocenters. The fraction of sp³-hybridized carbons (Fsp3) is 0.474. The summed E-state index contributed by atoms with van der Waals surface area (Å²) in [4.78, 5) is 17.3. The lowest BCUT2D eigenvalue weighted by Gasteiger charge is -2.41. The standard InChI is InChI=1S/C19H24N4O4/c1-21(2)11-17-18(14-9-20-22(3)10-14)23(6-7-25-17)19(24)13-4-5-15-16(8-13)27-12-26-15/h4-5,8-10,17-18H,6-7,11-12H2,1-3H3/t17-,18-/m0/s1. The molecule has 2 aliphatic heterocycles. The maximum Gasteiger partial charge on any atom is 0.254 e. The van der Waals surface area contributed by atoms with Crippen molar-refractivity contribution in [1.82, 2.24) is 19.6 Å². The third-order valence-corrected chi connectivity index (χ3v) is 4.84. The minimum atomic E-state index is -0.201. The highest BCUT2D eigenvalue weighted by Crippen LogP contribution is 2.35. The predicted octanol–water partition coefficient (Wildman–Crippen LogP) is 1.29. The normalized spacial score (nSPS) is 21.7. The number of hydrogen-bond donors (Lipinski definition) is 0. The molecule has 0 unspecified atom stereocenters. The van der Waals surface area contributed by atoms with Crippen LogP contribution in [0.2, 0.25) is 0 Å². The minimum absolute atomic E-state index is 0.0470. The molecule has 1 amide bonds. The number of nitrogens with zero attached hydrogens (tertiary/aromatic N) is 4. The number of morpholine rings is 1. The van der Waals surface area contributed by atoms with Crippen LogP contribution in [0.4, 0.5) is 0 Å². The number of likely N-dealkylation sites (N-methyl/N-ethyl adjacent to an activating group) is 1. The van der Waals surface area contributed by atoms with Crippen molar-refractivity contribution in [2.45, 2.75) is 12.1 Å². The van der Waals surface area contributed by atoms with Gasteiger partial charge in [-0.2, -0.15) is 5.10 Å². The summed E-state index contributed by atoms with van der Waals surface area (Å²) < 4.78 is 18.6. The van der Waals surface area contributed by atoms with E-state index in [1.807, 2.05) is 38.4 Å². The van der Waals surface area contributed by atoms with Gasteiger partial charge in [0.05, 0.1) is 24.9 Å². The zero-order valence-corrected chi connectivity index (χ0v) is 15.8. The highest BCUT2D eigenvalue weighted by Gasteiger charge is 2.38. The summed E-state index contributed by atoms with van der Waals surface area (Å²) in [5.74, 6) is 1.23. The molecular formula is C19H24N4O4. The van der Waals surface area contributed by atoms with Crippen molar-refractivity contribution in [3.63, 3.8) is 0 Å². The molecule has 1 aromatic heterocycles. The van der Waals surface area contributed by atoms with E-state index >= 15 is 0 Å². The maximum atomic E-state index is 13.4. The van der Waals surface area contributed by atoms with Gasteiger partial charge in [-0.15, -0.1) is 0 Å². The Morgan fingerprint density at radius 2 is 2.11 bits per heavy atom. The first-order chi connectivity index (χ1) is 13.0. The Bertz CT molecular complexity index is 835. The predicted molar refractivity (Wildman–Crippen MR) is 97.8 cm³/mol. The molecule has 1 aromatic carbocycles. The lowest BCUT2D eigenvalue weighted by Crippen LogP contribution is -2.51. The quantitative estimate of drug-likeness (QED) is 0.806. The van der Waals surface area contributed by atoms with E-state index in [2.05, 4.69) is 10.00 Å². The Balaban J connectivity index is 1.66. The van der Waals surface area contributed by atoms with Gasteiger partial charge in [-0.25, -0.2) is 0 Å². The molecular weight excluding hydrogens is 348 g/mol. The number of fused-ring (bicyclic) bond motifs is 1. The second-order valence-electron chi connectivity index (χ2n) is 7.13. The van der Waals surface area contributed by atoms with Gasteiger partial charge in [0, 0.05) is 37.5 Å². The van der Waals surface area contributed by atoms with Crippen molar-refractivity contribution in [3.05, 3.63) is 41.7 Å².